The first-order valence-electron chi connectivity index (χ1n) is 23.1. The molecular formula is C62H36N4O3. The number of para-hydroxylation sites is 2. The number of hydrogen-bond donors (Lipinski definition) is 0. The summed E-state index contributed by atoms with van der Waals surface area (Å²) in [5.74, 6) is 1.41. The van der Waals surface area contributed by atoms with Crippen LogP contribution in [0.1, 0.15) is 0 Å². The number of benzene rings is 10. The normalized spacial score (nSPS) is 12.1. The van der Waals surface area contributed by atoms with E-state index in [0.717, 1.165) is 98.9 Å². The number of aromatic nitrogens is 2. The molecule has 0 aliphatic rings. The predicted octanol–water partition coefficient (Wildman–Crippen LogP) is 17.7. The minimum atomic E-state index is 0.698. The van der Waals surface area contributed by atoms with Gasteiger partial charge in [0.05, 0.1) is 11.4 Å². The first kappa shape index (κ1) is 37.7. The topological polar surface area (TPSA) is 71.7 Å². The van der Waals surface area contributed by atoms with Crippen molar-refractivity contribution in [2.75, 3.05) is 9.80 Å². The lowest BCUT2D eigenvalue weighted by Gasteiger charge is -2.24. The fourth-order valence-corrected chi connectivity index (χ4v) is 10.5. The SMILES string of the molecule is c1ccc2cc3cc(N(c4ccc5c(c4)oc4ccccc45)c4cc5oc6cc(N(c7ccc8cc9ccccc9cc8c7)c7ccc8c(c7)oc7ccccc78)ncc6c5cn4)ccc3cc2c1. The molecule has 0 fully saturated rings. The van der Waals surface area contributed by atoms with Crippen molar-refractivity contribution in [3.05, 3.63) is 219 Å². The van der Waals surface area contributed by atoms with Gasteiger partial charge in [0, 0.05) is 80.4 Å². The summed E-state index contributed by atoms with van der Waals surface area (Å²) >= 11 is 0. The molecule has 0 amide bonds. The Morgan fingerprint density at radius 3 is 1.04 bits per heavy atom. The molecule has 5 aromatic heterocycles. The van der Waals surface area contributed by atoms with E-state index in [0.29, 0.717) is 22.8 Å². The maximum Gasteiger partial charge on any atom is 0.141 e. The molecule has 0 saturated heterocycles. The monoisotopic (exact) mass is 884 g/mol. The molecule has 0 aliphatic heterocycles. The van der Waals surface area contributed by atoms with Gasteiger partial charge in [-0.05, 0) is 128 Å². The van der Waals surface area contributed by atoms with E-state index in [4.69, 9.17) is 23.2 Å². The molecule has 15 aromatic rings. The van der Waals surface area contributed by atoms with Gasteiger partial charge in [0.1, 0.15) is 45.1 Å². The van der Waals surface area contributed by atoms with Crippen molar-refractivity contribution in [2.24, 2.45) is 0 Å². The lowest BCUT2D eigenvalue weighted by Crippen LogP contribution is -2.11. The standard InChI is InChI=1S/C62H36N4O3/c1-3-11-39-27-43-29-45(19-17-41(43)25-37(39)9-1)65(47-21-23-51-49-13-5-7-15-55(49)67-57(51)31-47)61-33-59-53(35-63-61)54-36-64-62(34-60(54)69-59)66(48-22-24-52-50-14-6-8-16-56(50)68-58(52)32-48)46-20-18-42-26-38-10-2-4-12-40(38)28-44(42)30-46/h1-36H. The highest BCUT2D eigenvalue weighted by Crippen LogP contribution is 2.44. The lowest BCUT2D eigenvalue weighted by atomic mass is 10.0. The average molecular weight is 885 g/mol. The van der Waals surface area contributed by atoms with Crippen molar-refractivity contribution < 1.29 is 13.3 Å². The van der Waals surface area contributed by atoms with Crippen molar-refractivity contribution in [1.82, 2.24) is 9.97 Å². The molecule has 5 heterocycles. The third kappa shape index (κ3) is 6.00. The molecule has 15 rings (SSSR count). The number of fused-ring (bicyclic) bond motifs is 13. The zero-order valence-electron chi connectivity index (χ0n) is 36.8. The van der Waals surface area contributed by atoms with E-state index in [1.54, 1.807) is 0 Å². The maximum atomic E-state index is 6.86. The molecule has 0 spiro atoms. The summed E-state index contributed by atoms with van der Waals surface area (Å²) in [5.41, 5.74) is 8.45. The molecule has 0 radical (unpaired) electrons. The van der Waals surface area contributed by atoms with Crippen LogP contribution in [0, 0.1) is 0 Å². The van der Waals surface area contributed by atoms with Crippen LogP contribution >= 0.6 is 0 Å². The number of anilines is 6. The summed E-state index contributed by atoms with van der Waals surface area (Å²) in [6.45, 7) is 0. The Balaban J connectivity index is 0.887. The molecular weight excluding hydrogens is 849 g/mol. The second kappa shape index (κ2) is 14.5. The van der Waals surface area contributed by atoms with E-state index in [1.807, 2.05) is 60.9 Å². The molecule has 0 aliphatic carbocycles. The summed E-state index contributed by atoms with van der Waals surface area (Å²) < 4.78 is 19.7. The number of furan rings is 3. The minimum Gasteiger partial charge on any atom is -0.456 e. The summed E-state index contributed by atoms with van der Waals surface area (Å²) in [7, 11) is 0. The Kier molecular flexibility index (Phi) is 7.94. The molecule has 0 bridgehead atoms. The van der Waals surface area contributed by atoms with Gasteiger partial charge in [-0.1, -0.05) is 97.1 Å². The van der Waals surface area contributed by atoms with Crippen molar-refractivity contribution >= 4 is 143 Å². The Labute approximate surface area is 393 Å². The van der Waals surface area contributed by atoms with E-state index < -0.39 is 0 Å². The van der Waals surface area contributed by atoms with Gasteiger partial charge in [0.2, 0.25) is 0 Å². The summed E-state index contributed by atoms with van der Waals surface area (Å²) in [6.07, 6.45) is 3.81. The highest BCUT2D eigenvalue weighted by Gasteiger charge is 2.22. The van der Waals surface area contributed by atoms with Crippen LogP contribution in [-0.4, -0.2) is 9.97 Å². The summed E-state index contributed by atoms with van der Waals surface area (Å²) in [5, 5.41) is 15.4. The van der Waals surface area contributed by atoms with E-state index in [1.165, 1.54) is 21.5 Å². The van der Waals surface area contributed by atoms with Crippen molar-refractivity contribution in [1.29, 1.82) is 0 Å². The van der Waals surface area contributed by atoms with Crippen molar-refractivity contribution in [2.45, 2.75) is 0 Å². The molecule has 10 aromatic carbocycles. The second-order valence-electron chi connectivity index (χ2n) is 17.9. The largest absolute Gasteiger partial charge is 0.456 e. The van der Waals surface area contributed by atoms with Gasteiger partial charge < -0.3 is 13.3 Å². The van der Waals surface area contributed by atoms with Crippen molar-refractivity contribution in [3.63, 3.8) is 0 Å². The van der Waals surface area contributed by atoms with Gasteiger partial charge in [0.25, 0.3) is 0 Å². The highest BCUT2D eigenvalue weighted by atomic mass is 16.3. The Morgan fingerprint density at radius 2 is 0.580 bits per heavy atom. The third-order valence-corrected chi connectivity index (χ3v) is 13.8. The van der Waals surface area contributed by atoms with Crippen LogP contribution in [0.15, 0.2) is 232 Å². The van der Waals surface area contributed by atoms with Crippen molar-refractivity contribution in [3.8, 4) is 0 Å². The van der Waals surface area contributed by atoms with Gasteiger partial charge in [-0.25, -0.2) is 9.97 Å². The summed E-state index contributed by atoms with van der Waals surface area (Å²) in [6, 6.07) is 72.3. The lowest BCUT2D eigenvalue weighted by molar-refractivity contribution is 0.668. The Hall–Kier alpha value is -9.46. The fraction of sp³-hybridized carbons (Fsp3) is 0. The molecule has 0 saturated carbocycles. The molecule has 0 atom stereocenters. The van der Waals surface area contributed by atoms with E-state index in [2.05, 4.69) is 168 Å². The number of rotatable bonds is 6. The maximum absolute atomic E-state index is 6.86. The van der Waals surface area contributed by atoms with Crippen LogP contribution in [0.4, 0.5) is 34.4 Å². The number of pyridine rings is 2. The van der Waals surface area contributed by atoms with E-state index in [9.17, 15) is 0 Å². The average Bonchev–Trinajstić information content (AvgIpc) is 4.08. The Morgan fingerprint density at radius 1 is 0.246 bits per heavy atom. The molecule has 0 unspecified atom stereocenters. The zero-order chi connectivity index (χ0) is 45.2. The highest BCUT2D eigenvalue weighted by molar-refractivity contribution is 6.10. The summed E-state index contributed by atoms with van der Waals surface area (Å²) in [4.78, 5) is 14.7. The molecule has 7 heteroatoms. The van der Waals surface area contributed by atoms with Crippen LogP contribution in [0.2, 0.25) is 0 Å². The van der Waals surface area contributed by atoms with Gasteiger partial charge in [-0.2, -0.15) is 0 Å². The predicted molar refractivity (Wildman–Crippen MR) is 283 cm³/mol. The third-order valence-electron chi connectivity index (χ3n) is 13.8. The van der Waals surface area contributed by atoms with Crippen LogP contribution in [-0.2, 0) is 0 Å². The Bertz CT molecular complexity index is 4310. The van der Waals surface area contributed by atoms with Gasteiger partial charge in [-0.15, -0.1) is 0 Å². The van der Waals surface area contributed by atoms with Gasteiger partial charge in [-0.3, -0.25) is 9.80 Å². The van der Waals surface area contributed by atoms with Crippen LogP contribution < -0.4 is 9.80 Å². The smallest absolute Gasteiger partial charge is 0.141 e. The number of nitrogens with zero attached hydrogens (tertiary/aromatic N) is 4. The first-order valence-corrected chi connectivity index (χ1v) is 23.1. The van der Waals surface area contributed by atoms with Crippen LogP contribution in [0.5, 0.6) is 0 Å². The van der Waals surface area contributed by atoms with Crippen LogP contribution in [0.25, 0.3) is 109 Å². The van der Waals surface area contributed by atoms with Gasteiger partial charge in [0.15, 0.2) is 0 Å². The quantitative estimate of drug-likeness (QED) is 0.154. The molecule has 0 N–H and O–H groups in total. The van der Waals surface area contributed by atoms with Gasteiger partial charge >= 0.3 is 0 Å². The minimum absolute atomic E-state index is 0.698. The molecule has 322 valence electrons. The fourth-order valence-electron chi connectivity index (χ4n) is 10.5. The number of hydrogen-bond acceptors (Lipinski definition) is 7. The molecule has 69 heavy (non-hydrogen) atoms. The van der Waals surface area contributed by atoms with E-state index in [-0.39, 0.29) is 0 Å². The molecule has 7 nitrogen and oxygen atoms in total. The zero-order valence-corrected chi connectivity index (χ0v) is 36.8. The van der Waals surface area contributed by atoms with E-state index >= 15 is 0 Å². The first-order chi connectivity index (χ1) is 34.1. The second-order valence-corrected chi connectivity index (χ2v) is 17.9. The van der Waals surface area contributed by atoms with Crippen LogP contribution in [0.3, 0.4) is 0 Å².